The first kappa shape index (κ1) is 11.9. The molecule has 0 aromatic carbocycles. The van der Waals surface area contributed by atoms with Crippen LogP contribution in [0.2, 0.25) is 0 Å². The SMILES string of the molecule is O=C1CN(C(=O)NC2CCCCC2)CC(=O)N1. The zero-order valence-electron chi connectivity index (χ0n) is 9.70. The number of carbonyl (C=O) groups excluding carboxylic acids is 3. The lowest BCUT2D eigenvalue weighted by Crippen LogP contribution is -2.57. The fraction of sp³-hybridized carbons (Fsp3) is 0.727. The van der Waals surface area contributed by atoms with Crippen LogP contribution in [-0.2, 0) is 9.59 Å². The molecule has 6 nitrogen and oxygen atoms in total. The van der Waals surface area contributed by atoms with Crippen LogP contribution in [0.1, 0.15) is 32.1 Å². The maximum absolute atomic E-state index is 11.8. The first-order valence-electron chi connectivity index (χ1n) is 6.03. The number of imide groups is 1. The van der Waals surface area contributed by atoms with Gasteiger partial charge in [-0.3, -0.25) is 14.9 Å². The van der Waals surface area contributed by atoms with E-state index in [0.29, 0.717) is 0 Å². The van der Waals surface area contributed by atoms with Gasteiger partial charge in [-0.05, 0) is 12.8 Å². The maximum atomic E-state index is 11.8. The third-order valence-electron chi connectivity index (χ3n) is 3.17. The van der Waals surface area contributed by atoms with Crippen molar-refractivity contribution in [3.63, 3.8) is 0 Å². The number of carbonyl (C=O) groups is 3. The molecule has 2 aliphatic rings. The molecule has 0 radical (unpaired) electrons. The smallest absolute Gasteiger partial charge is 0.318 e. The quantitative estimate of drug-likeness (QED) is 0.631. The Morgan fingerprint density at radius 1 is 1.12 bits per heavy atom. The predicted molar refractivity (Wildman–Crippen MR) is 60.1 cm³/mol. The van der Waals surface area contributed by atoms with E-state index in [1.165, 1.54) is 11.3 Å². The highest BCUT2D eigenvalue weighted by Gasteiger charge is 2.27. The lowest BCUT2D eigenvalue weighted by molar-refractivity contribution is -0.134. The molecular weight excluding hydrogens is 222 g/mol. The summed E-state index contributed by atoms with van der Waals surface area (Å²) in [5.41, 5.74) is 0. The van der Waals surface area contributed by atoms with E-state index in [0.717, 1.165) is 25.7 Å². The second-order valence-corrected chi connectivity index (χ2v) is 4.61. The van der Waals surface area contributed by atoms with Crippen LogP contribution in [0.3, 0.4) is 0 Å². The van der Waals surface area contributed by atoms with Gasteiger partial charge in [-0.25, -0.2) is 4.79 Å². The Morgan fingerprint density at radius 2 is 1.71 bits per heavy atom. The second kappa shape index (κ2) is 5.16. The summed E-state index contributed by atoms with van der Waals surface area (Å²) >= 11 is 0. The van der Waals surface area contributed by atoms with Gasteiger partial charge < -0.3 is 10.2 Å². The molecule has 1 aliphatic carbocycles. The van der Waals surface area contributed by atoms with Crippen LogP contribution in [-0.4, -0.2) is 41.9 Å². The minimum Gasteiger partial charge on any atom is -0.335 e. The second-order valence-electron chi connectivity index (χ2n) is 4.61. The van der Waals surface area contributed by atoms with Crippen LogP contribution in [0.5, 0.6) is 0 Å². The van der Waals surface area contributed by atoms with Gasteiger partial charge in [-0.15, -0.1) is 0 Å². The van der Waals surface area contributed by atoms with Crippen LogP contribution >= 0.6 is 0 Å². The monoisotopic (exact) mass is 239 g/mol. The first-order chi connectivity index (χ1) is 8.15. The van der Waals surface area contributed by atoms with Crippen molar-refractivity contribution in [2.24, 2.45) is 0 Å². The number of rotatable bonds is 1. The minimum absolute atomic E-state index is 0.0374. The third-order valence-corrected chi connectivity index (χ3v) is 3.17. The van der Waals surface area contributed by atoms with Crippen molar-refractivity contribution in [1.82, 2.24) is 15.5 Å². The summed E-state index contributed by atoms with van der Waals surface area (Å²) in [4.78, 5) is 35.4. The first-order valence-corrected chi connectivity index (χ1v) is 6.03. The van der Waals surface area contributed by atoms with Crippen LogP contribution in [0.15, 0.2) is 0 Å². The summed E-state index contributed by atoms with van der Waals surface area (Å²) in [6.07, 6.45) is 5.45. The van der Waals surface area contributed by atoms with Crippen molar-refractivity contribution in [1.29, 1.82) is 0 Å². The van der Waals surface area contributed by atoms with E-state index in [2.05, 4.69) is 10.6 Å². The van der Waals surface area contributed by atoms with Crippen molar-refractivity contribution in [2.75, 3.05) is 13.1 Å². The van der Waals surface area contributed by atoms with Gasteiger partial charge in [0.25, 0.3) is 0 Å². The van der Waals surface area contributed by atoms with E-state index in [4.69, 9.17) is 0 Å². The van der Waals surface area contributed by atoms with Gasteiger partial charge in [0.2, 0.25) is 11.8 Å². The molecule has 4 amide bonds. The average Bonchev–Trinajstić information content (AvgIpc) is 2.29. The van der Waals surface area contributed by atoms with Crippen molar-refractivity contribution >= 4 is 17.8 Å². The highest BCUT2D eigenvalue weighted by molar-refractivity contribution is 6.02. The zero-order valence-corrected chi connectivity index (χ0v) is 9.70. The Balaban J connectivity index is 1.86. The van der Waals surface area contributed by atoms with Gasteiger partial charge in [0, 0.05) is 6.04 Å². The Morgan fingerprint density at radius 3 is 2.29 bits per heavy atom. The van der Waals surface area contributed by atoms with Crippen LogP contribution < -0.4 is 10.6 Å². The molecule has 2 fully saturated rings. The summed E-state index contributed by atoms with van der Waals surface area (Å²) in [6, 6.07) is -0.114. The number of amides is 4. The van der Waals surface area contributed by atoms with E-state index in [1.807, 2.05) is 0 Å². The molecule has 94 valence electrons. The third kappa shape index (κ3) is 3.18. The molecular formula is C11H17N3O3. The molecule has 1 heterocycles. The highest BCUT2D eigenvalue weighted by atomic mass is 16.2. The molecule has 2 N–H and O–H groups in total. The summed E-state index contributed by atoms with van der Waals surface area (Å²) in [7, 11) is 0. The van der Waals surface area contributed by atoms with Crippen molar-refractivity contribution < 1.29 is 14.4 Å². The normalized spacial score (nSPS) is 22.2. The Kier molecular flexibility index (Phi) is 3.61. The molecule has 0 spiro atoms. The molecule has 6 heteroatoms. The molecule has 0 aromatic rings. The lowest BCUT2D eigenvalue weighted by atomic mass is 9.96. The molecule has 17 heavy (non-hydrogen) atoms. The Labute approximate surface area is 99.7 Å². The number of nitrogens with one attached hydrogen (secondary N) is 2. The highest BCUT2D eigenvalue weighted by Crippen LogP contribution is 2.17. The van der Waals surface area contributed by atoms with Crippen LogP contribution in [0.4, 0.5) is 4.79 Å². The topological polar surface area (TPSA) is 78.5 Å². The number of piperazine rings is 1. The Bertz CT molecular complexity index is 321. The molecule has 2 rings (SSSR count). The molecule has 1 saturated heterocycles. The number of urea groups is 1. The predicted octanol–water partition coefficient (Wildman–Crippen LogP) is -0.0129. The molecule has 0 bridgehead atoms. The standard InChI is InChI=1S/C11H17N3O3/c15-9-6-14(7-10(16)13-9)11(17)12-8-4-2-1-3-5-8/h8H,1-7H2,(H,12,17)(H,13,15,16). The number of hydrogen-bond acceptors (Lipinski definition) is 3. The molecule has 1 aliphatic heterocycles. The van der Waals surface area contributed by atoms with Gasteiger partial charge in [0.15, 0.2) is 0 Å². The van der Waals surface area contributed by atoms with E-state index < -0.39 is 11.8 Å². The largest absolute Gasteiger partial charge is 0.335 e. The van der Waals surface area contributed by atoms with Crippen molar-refractivity contribution in [3.8, 4) is 0 Å². The summed E-state index contributed by atoms with van der Waals surface area (Å²) in [6.45, 7) is -0.0748. The maximum Gasteiger partial charge on any atom is 0.318 e. The summed E-state index contributed by atoms with van der Waals surface area (Å²) in [5.74, 6) is -0.833. The van der Waals surface area contributed by atoms with Gasteiger partial charge >= 0.3 is 6.03 Å². The summed E-state index contributed by atoms with van der Waals surface area (Å²) < 4.78 is 0. The Hall–Kier alpha value is -1.59. The zero-order chi connectivity index (χ0) is 12.3. The van der Waals surface area contributed by atoms with Gasteiger partial charge in [-0.2, -0.15) is 0 Å². The van der Waals surface area contributed by atoms with Crippen molar-refractivity contribution in [2.45, 2.75) is 38.1 Å². The number of nitrogens with zero attached hydrogens (tertiary/aromatic N) is 1. The minimum atomic E-state index is -0.417. The van der Waals surface area contributed by atoms with Crippen molar-refractivity contribution in [3.05, 3.63) is 0 Å². The van der Waals surface area contributed by atoms with Gasteiger partial charge in [-0.1, -0.05) is 19.3 Å². The van der Waals surface area contributed by atoms with E-state index in [-0.39, 0.29) is 25.2 Å². The lowest BCUT2D eigenvalue weighted by Gasteiger charge is -2.29. The fourth-order valence-corrected chi connectivity index (χ4v) is 2.29. The van der Waals surface area contributed by atoms with E-state index in [1.54, 1.807) is 0 Å². The van der Waals surface area contributed by atoms with Gasteiger partial charge in [0.1, 0.15) is 13.1 Å². The molecule has 0 aromatic heterocycles. The number of hydrogen-bond donors (Lipinski definition) is 2. The van der Waals surface area contributed by atoms with Gasteiger partial charge in [0.05, 0.1) is 0 Å². The average molecular weight is 239 g/mol. The van der Waals surface area contributed by atoms with Crippen LogP contribution in [0, 0.1) is 0 Å². The van der Waals surface area contributed by atoms with Crippen LogP contribution in [0.25, 0.3) is 0 Å². The van der Waals surface area contributed by atoms with E-state index >= 15 is 0 Å². The fourth-order valence-electron chi connectivity index (χ4n) is 2.29. The summed E-state index contributed by atoms with van der Waals surface area (Å²) in [5, 5.41) is 5.05. The molecule has 1 saturated carbocycles. The molecule has 0 atom stereocenters. The molecule has 0 unspecified atom stereocenters. The van der Waals surface area contributed by atoms with E-state index in [9.17, 15) is 14.4 Å².